The fourth-order valence-corrected chi connectivity index (χ4v) is 7.95. The quantitative estimate of drug-likeness (QED) is 0.187. The third-order valence-corrected chi connectivity index (χ3v) is 10.0. The molecular weight excluding hydrogens is 516 g/mol. The molecule has 7 atom stereocenters. The van der Waals surface area contributed by atoms with Crippen LogP contribution in [0.5, 0.6) is 0 Å². The average Bonchev–Trinajstić information content (AvgIpc) is 2.94. The van der Waals surface area contributed by atoms with E-state index in [1.165, 1.54) is 35.1 Å². The van der Waals surface area contributed by atoms with Gasteiger partial charge in [0.05, 0.1) is 12.9 Å². The van der Waals surface area contributed by atoms with Gasteiger partial charge in [-0.05, 0) is 99.0 Å². The number of halogens is 1. The number of ether oxygens (including phenoxy) is 2. The maximum atomic E-state index is 14.2. The van der Waals surface area contributed by atoms with Gasteiger partial charge in [-0.3, -0.25) is 4.79 Å². The first-order valence-corrected chi connectivity index (χ1v) is 16.2. The molecule has 0 aromatic heterocycles. The number of fused-ring (bicyclic) bond motifs is 1. The summed E-state index contributed by atoms with van der Waals surface area (Å²) in [5.74, 6) is 2.85. The summed E-state index contributed by atoms with van der Waals surface area (Å²) in [4.78, 5) is 14.2. The SMILES string of the molecule is C=C(C)OC1C=C(OC)C=C(C(C)CC)C1C(CC(=O)C1CC(Cl)CC(CCC)C1)c1ccc2c(c1)CCCC2. The largest absolute Gasteiger partial charge is 0.497 e. The first-order chi connectivity index (χ1) is 19.2. The van der Waals surface area contributed by atoms with Crippen molar-refractivity contribution in [2.75, 3.05) is 7.11 Å². The topological polar surface area (TPSA) is 35.5 Å². The predicted molar refractivity (Wildman–Crippen MR) is 167 cm³/mol. The van der Waals surface area contributed by atoms with Gasteiger partial charge in [0.15, 0.2) is 0 Å². The molecule has 0 saturated heterocycles. The first kappa shape index (κ1) is 30.9. The lowest BCUT2D eigenvalue weighted by Gasteiger charge is -2.40. The third-order valence-electron chi connectivity index (χ3n) is 9.69. The second-order valence-electron chi connectivity index (χ2n) is 12.7. The molecule has 0 amide bonds. The molecule has 1 aromatic rings. The van der Waals surface area contributed by atoms with Crippen LogP contribution in [0, 0.1) is 23.7 Å². The molecule has 40 heavy (non-hydrogen) atoms. The van der Waals surface area contributed by atoms with Crippen LogP contribution in [-0.2, 0) is 27.1 Å². The predicted octanol–water partition coefficient (Wildman–Crippen LogP) is 9.48. The average molecular weight is 567 g/mol. The Kier molecular flexibility index (Phi) is 11.0. The number of alkyl halides is 1. The number of carbonyl (C=O) groups is 1. The van der Waals surface area contributed by atoms with Crippen molar-refractivity contribution in [1.29, 1.82) is 0 Å². The summed E-state index contributed by atoms with van der Waals surface area (Å²) in [5.41, 5.74) is 5.50. The number of rotatable bonds is 12. The zero-order valence-electron chi connectivity index (χ0n) is 25.5. The maximum Gasteiger partial charge on any atom is 0.136 e. The minimum Gasteiger partial charge on any atom is -0.497 e. The zero-order valence-corrected chi connectivity index (χ0v) is 26.3. The molecule has 7 unspecified atom stereocenters. The van der Waals surface area contributed by atoms with Crippen molar-refractivity contribution in [2.24, 2.45) is 23.7 Å². The van der Waals surface area contributed by atoms with E-state index in [-0.39, 0.29) is 29.2 Å². The summed E-state index contributed by atoms with van der Waals surface area (Å²) in [6, 6.07) is 7.04. The molecule has 4 heteroatoms. The number of hydrogen-bond acceptors (Lipinski definition) is 3. The van der Waals surface area contributed by atoms with E-state index in [0.717, 1.165) is 57.1 Å². The molecule has 1 fully saturated rings. The van der Waals surface area contributed by atoms with Crippen LogP contribution in [0.15, 0.2) is 54.0 Å². The summed E-state index contributed by atoms with van der Waals surface area (Å²) < 4.78 is 12.2. The van der Waals surface area contributed by atoms with Crippen molar-refractivity contribution in [1.82, 2.24) is 0 Å². The molecule has 220 valence electrons. The monoisotopic (exact) mass is 566 g/mol. The van der Waals surface area contributed by atoms with Gasteiger partial charge in [0, 0.05) is 29.6 Å². The summed E-state index contributed by atoms with van der Waals surface area (Å²) >= 11 is 6.75. The second-order valence-corrected chi connectivity index (χ2v) is 13.3. The molecule has 0 spiro atoms. The van der Waals surface area contributed by atoms with Gasteiger partial charge in [-0.25, -0.2) is 0 Å². The Morgan fingerprint density at radius 3 is 2.55 bits per heavy atom. The molecule has 1 aromatic carbocycles. The van der Waals surface area contributed by atoms with Crippen molar-refractivity contribution in [3.05, 3.63) is 70.7 Å². The minimum atomic E-state index is -0.241. The van der Waals surface area contributed by atoms with E-state index in [4.69, 9.17) is 21.1 Å². The minimum absolute atomic E-state index is 0.0132. The van der Waals surface area contributed by atoms with Crippen LogP contribution in [0.2, 0.25) is 0 Å². The number of carbonyl (C=O) groups excluding carboxylic acids is 1. The highest BCUT2D eigenvalue weighted by molar-refractivity contribution is 6.20. The van der Waals surface area contributed by atoms with Crippen LogP contribution in [0.4, 0.5) is 0 Å². The molecule has 3 nitrogen and oxygen atoms in total. The van der Waals surface area contributed by atoms with Gasteiger partial charge in [-0.1, -0.05) is 64.0 Å². The van der Waals surface area contributed by atoms with E-state index in [1.807, 2.05) is 6.92 Å². The normalized spacial score (nSPS) is 28.0. The van der Waals surface area contributed by atoms with Gasteiger partial charge in [0.2, 0.25) is 0 Å². The Bertz CT molecular complexity index is 1100. The molecule has 0 heterocycles. The Morgan fingerprint density at radius 1 is 1.12 bits per heavy atom. The van der Waals surface area contributed by atoms with Crippen molar-refractivity contribution >= 4 is 17.4 Å². The Labute approximate surface area is 248 Å². The molecule has 1 saturated carbocycles. The van der Waals surface area contributed by atoms with Gasteiger partial charge in [0.1, 0.15) is 17.6 Å². The molecule has 4 rings (SSSR count). The molecule has 3 aliphatic rings. The number of benzene rings is 1. The van der Waals surface area contributed by atoms with Crippen molar-refractivity contribution in [2.45, 2.75) is 116 Å². The molecule has 0 bridgehead atoms. The van der Waals surface area contributed by atoms with Crippen LogP contribution in [0.3, 0.4) is 0 Å². The van der Waals surface area contributed by atoms with Gasteiger partial charge in [0.25, 0.3) is 0 Å². The fourth-order valence-electron chi connectivity index (χ4n) is 7.49. The Balaban J connectivity index is 1.76. The van der Waals surface area contributed by atoms with Crippen molar-refractivity contribution in [3.63, 3.8) is 0 Å². The summed E-state index contributed by atoms with van der Waals surface area (Å²) in [7, 11) is 1.72. The number of allylic oxidation sites excluding steroid dienone is 2. The van der Waals surface area contributed by atoms with Crippen molar-refractivity contribution in [3.8, 4) is 0 Å². The molecule has 0 N–H and O–H groups in total. The lowest BCUT2D eigenvalue weighted by Crippen LogP contribution is -2.36. The van der Waals surface area contributed by atoms with Crippen LogP contribution in [0.25, 0.3) is 0 Å². The molecular formula is C36H51ClO3. The Hall–Kier alpha value is -2.00. The molecule has 0 radical (unpaired) electrons. The standard InChI is InChI=1S/C36H51ClO3/c1-7-11-25-16-29(19-30(37)17-25)34(38)22-33(28-15-14-26-12-9-10-13-27(26)18-28)36-32(24(5)8-2)20-31(39-6)21-35(36)40-23(3)4/h14-15,18,20-21,24-25,29-30,33,35-36H,3,7-13,16-17,19,22H2,1-2,4-6H3. The third kappa shape index (κ3) is 7.44. The number of aryl methyl sites for hydroxylation is 2. The lowest BCUT2D eigenvalue weighted by molar-refractivity contribution is -0.125. The zero-order chi connectivity index (χ0) is 28.8. The first-order valence-electron chi connectivity index (χ1n) is 15.8. The van der Waals surface area contributed by atoms with Crippen molar-refractivity contribution < 1.29 is 14.3 Å². The lowest BCUT2D eigenvalue weighted by atomic mass is 9.67. The summed E-state index contributed by atoms with van der Waals surface area (Å²) in [6.45, 7) is 12.8. The van der Waals surface area contributed by atoms with E-state index in [2.05, 4.69) is 57.7 Å². The van der Waals surface area contributed by atoms with Gasteiger partial charge >= 0.3 is 0 Å². The number of ketones is 1. The fraction of sp³-hybridized carbons (Fsp3) is 0.639. The van der Waals surface area contributed by atoms with Crippen LogP contribution >= 0.6 is 11.6 Å². The number of methoxy groups -OCH3 is 1. The second kappa shape index (κ2) is 14.3. The van der Waals surface area contributed by atoms with Crippen LogP contribution < -0.4 is 0 Å². The molecule has 3 aliphatic carbocycles. The van der Waals surface area contributed by atoms with Crippen LogP contribution in [-0.4, -0.2) is 24.4 Å². The number of Topliss-reactive ketones (excluding diaryl/α,β-unsaturated/α-hetero) is 1. The van der Waals surface area contributed by atoms with E-state index in [0.29, 0.717) is 29.8 Å². The molecule has 0 aliphatic heterocycles. The van der Waals surface area contributed by atoms with E-state index >= 15 is 0 Å². The highest BCUT2D eigenvalue weighted by Crippen LogP contribution is 2.46. The Morgan fingerprint density at radius 2 is 1.88 bits per heavy atom. The van der Waals surface area contributed by atoms with E-state index in [1.54, 1.807) is 7.11 Å². The van der Waals surface area contributed by atoms with Crippen LogP contribution in [0.1, 0.15) is 108 Å². The maximum absolute atomic E-state index is 14.2. The van der Waals surface area contributed by atoms with Gasteiger partial charge in [-0.2, -0.15) is 0 Å². The van der Waals surface area contributed by atoms with Gasteiger partial charge < -0.3 is 9.47 Å². The van der Waals surface area contributed by atoms with Gasteiger partial charge in [-0.15, -0.1) is 11.6 Å². The summed E-state index contributed by atoms with van der Waals surface area (Å²) in [6.07, 6.45) is 15.5. The van der Waals surface area contributed by atoms with E-state index in [9.17, 15) is 4.79 Å². The highest BCUT2D eigenvalue weighted by atomic mass is 35.5. The summed E-state index contributed by atoms with van der Waals surface area (Å²) in [5, 5.41) is 0.0957. The highest BCUT2D eigenvalue weighted by Gasteiger charge is 2.41. The number of hydrogen-bond donors (Lipinski definition) is 0. The smallest absolute Gasteiger partial charge is 0.136 e. The van der Waals surface area contributed by atoms with E-state index < -0.39 is 0 Å².